The largest absolute Gasteiger partial charge is 0.496 e. The van der Waals surface area contributed by atoms with E-state index < -0.39 is 15.9 Å². The van der Waals surface area contributed by atoms with Gasteiger partial charge in [0.05, 0.1) is 36.1 Å². The SMILES string of the molecule is COc1ccc(S(N)(=O)=O)cc1C(=O)N1CCc2c(nc[nH]c2=O)C1. The highest BCUT2D eigenvalue weighted by atomic mass is 32.2. The number of fused-ring (bicyclic) bond motifs is 1. The molecule has 0 fully saturated rings. The molecule has 1 aromatic heterocycles. The number of hydrogen-bond donors (Lipinski definition) is 2. The lowest BCUT2D eigenvalue weighted by Gasteiger charge is -2.28. The zero-order valence-corrected chi connectivity index (χ0v) is 14.2. The van der Waals surface area contributed by atoms with Crippen molar-refractivity contribution >= 4 is 15.9 Å². The summed E-state index contributed by atoms with van der Waals surface area (Å²) in [5, 5.41) is 5.13. The summed E-state index contributed by atoms with van der Waals surface area (Å²) in [7, 11) is -2.57. The molecule has 132 valence electrons. The van der Waals surface area contributed by atoms with Crippen LogP contribution in [-0.2, 0) is 23.0 Å². The van der Waals surface area contributed by atoms with Crippen molar-refractivity contribution in [2.45, 2.75) is 17.9 Å². The number of H-pyrrole nitrogens is 1. The molecule has 1 aliphatic rings. The number of methoxy groups -OCH3 is 1. The third-order valence-electron chi connectivity index (χ3n) is 4.03. The van der Waals surface area contributed by atoms with E-state index in [1.165, 1.54) is 36.5 Å². The quantitative estimate of drug-likeness (QED) is 0.762. The first-order valence-corrected chi connectivity index (χ1v) is 8.91. The van der Waals surface area contributed by atoms with Crippen molar-refractivity contribution in [2.24, 2.45) is 5.14 Å². The molecule has 0 spiro atoms. The van der Waals surface area contributed by atoms with E-state index in [4.69, 9.17) is 9.88 Å². The number of aromatic nitrogens is 2. The second kappa shape index (κ2) is 6.30. The van der Waals surface area contributed by atoms with E-state index in [0.717, 1.165) is 0 Å². The molecule has 0 atom stereocenters. The number of sulfonamides is 1. The first-order chi connectivity index (χ1) is 11.8. The Kier molecular flexibility index (Phi) is 4.31. The maximum Gasteiger partial charge on any atom is 0.258 e. The molecule has 10 heteroatoms. The lowest BCUT2D eigenvalue weighted by atomic mass is 10.1. The van der Waals surface area contributed by atoms with Crippen LogP contribution in [-0.4, -0.2) is 42.8 Å². The lowest BCUT2D eigenvalue weighted by molar-refractivity contribution is 0.0727. The van der Waals surface area contributed by atoms with Crippen molar-refractivity contribution in [3.05, 3.63) is 51.7 Å². The molecule has 3 N–H and O–H groups in total. The number of nitrogens with zero attached hydrogens (tertiary/aromatic N) is 2. The van der Waals surface area contributed by atoms with Gasteiger partial charge in [-0.15, -0.1) is 0 Å². The molecule has 0 bridgehead atoms. The Bertz CT molecular complexity index is 999. The van der Waals surface area contributed by atoms with Gasteiger partial charge < -0.3 is 14.6 Å². The summed E-state index contributed by atoms with van der Waals surface area (Å²) in [5.74, 6) is -0.183. The highest BCUT2D eigenvalue weighted by Gasteiger charge is 2.27. The van der Waals surface area contributed by atoms with Gasteiger partial charge in [0.25, 0.3) is 11.5 Å². The minimum absolute atomic E-state index is 0.0855. The van der Waals surface area contributed by atoms with Crippen molar-refractivity contribution < 1.29 is 17.9 Å². The summed E-state index contributed by atoms with van der Waals surface area (Å²) in [4.78, 5) is 32.5. The molecular weight excluding hydrogens is 348 g/mol. The average molecular weight is 364 g/mol. The fourth-order valence-electron chi connectivity index (χ4n) is 2.74. The fourth-order valence-corrected chi connectivity index (χ4v) is 3.28. The van der Waals surface area contributed by atoms with Crippen LogP contribution in [0.25, 0.3) is 0 Å². The Morgan fingerprint density at radius 2 is 2.16 bits per heavy atom. The van der Waals surface area contributed by atoms with Crippen molar-refractivity contribution in [3.8, 4) is 5.75 Å². The molecule has 0 unspecified atom stereocenters. The minimum Gasteiger partial charge on any atom is -0.496 e. The van der Waals surface area contributed by atoms with Crippen LogP contribution in [0, 0.1) is 0 Å². The van der Waals surface area contributed by atoms with Gasteiger partial charge in [-0.2, -0.15) is 0 Å². The predicted molar refractivity (Wildman–Crippen MR) is 87.7 cm³/mol. The van der Waals surface area contributed by atoms with Crippen LogP contribution in [0.3, 0.4) is 0 Å². The van der Waals surface area contributed by atoms with Gasteiger partial charge in [-0.3, -0.25) is 9.59 Å². The molecule has 1 aromatic carbocycles. The maximum absolute atomic E-state index is 12.8. The van der Waals surface area contributed by atoms with Crippen LogP contribution in [0.2, 0.25) is 0 Å². The Morgan fingerprint density at radius 3 is 2.84 bits per heavy atom. The molecule has 0 saturated carbocycles. The van der Waals surface area contributed by atoms with E-state index in [2.05, 4.69) is 9.97 Å². The van der Waals surface area contributed by atoms with Gasteiger partial charge in [-0.05, 0) is 24.6 Å². The Hall–Kier alpha value is -2.72. The molecule has 1 amide bonds. The first kappa shape index (κ1) is 17.1. The number of hydrogen-bond acceptors (Lipinski definition) is 6. The monoisotopic (exact) mass is 364 g/mol. The zero-order chi connectivity index (χ0) is 18.2. The number of nitrogens with two attached hydrogens (primary N) is 1. The van der Waals surface area contributed by atoms with Crippen LogP contribution in [0.4, 0.5) is 0 Å². The van der Waals surface area contributed by atoms with Gasteiger partial charge in [0.15, 0.2) is 0 Å². The molecule has 3 rings (SSSR count). The smallest absolute Gasteiger partial charge is 0.258 e. The molecule has 1 aliphatic heterocycles. The van der Waals surface area contributed by atoms with E-state index in [1.807, 2.05) is 0 Å². The molecule has 25 heavy (non-hydrogen) atoms. The second-order valence-electron chi connectivity index (χ2n) is 5.54. The topological polar surface area (TPSA) is 135 Å². The Balaban J connectivity index is 1.97. The Labute approximate surface area is 143 Å². The molecular formula is C15H16N4O5S. The number of primary sulfonamides is 1. The molecule has 0 saturated heterocycles. The van der Waals surface area contributed by atoms with Crippen LogP contribution < -0.4 is 15.4 Å². The summed E-state index contributed by atoms with van der Waals surface area (Å²) in [5.41, 5.74) is 0.940. The van der Waals surface area contributed by atoms with E-state index in [-0.39, 0.29) is 28.3 Å². The predicted octanol–water partition coefficient (Wildman–Crippen LogP) is -0.376. The lowest BCUT2D eigenvalue weighted by Crippen LogP contribution is -2.39. The normalized spacial score (nSPS) is 14.1. The summed E-state index contributed by atoms with van der Waals surface area (Å²) < 4.78 is 28.3. The highest BCUT2D eigenvalue weighted by Crippen LogP contribution is 2.25. The number of aromatic amines is 1. The number of benzene rings is 1. The van der Waals surface area contributed by atoms with E-state index in [0.29, 0.717) is 24.2 Å². The summed E-state index contributed by atoms with van der Waals surface area (Å²) in [6.07, 6.45) is 1.65. The molecule has 0 radical (unpaired) electrons. The van der Waals surface area contributed by atoms with Crippen LogP contribution in [0.15, 0.2) is 34.2 Å². The number of nitrogens with one attached hydrogen (secondary N) is 1. The van der Waals surface area contributed by atoms with Gasteiger partial charge in [0.1, 0.15) is 5.75 Å². The third kappa shape index (κ3) is 3.26. The standard InChI is InChI=1S/C15H16N4O5S/c1-24-13-3-2-9(25(16,22)23)6-11(13)15(21)19-5-4-10-12(7-19)17-8-18-14(10)20/h2-3,6,8H,4-5,7H2,1H3,(H2,16,22,23)(H,17,18,20). The van der Waals surface area contributed by atoms with Crippen molar-refractivity contribution in [3.63, 3.8) is 0 Å². The summed E-state index contributed by atoms with van der Waals surface area (Å²) in [6, 6.07) is 3.85. The summed E-state index contributed by atoms with van der Waals surface area (Å²) in [6.45, 7) is 0.463. The fraction of sp³-hybridized carbons (Fsp3) is 0.267. The van der Waals surface area contributed by atoms with Crippen molar-refractivity contribution in [1.29, 1.82) is 0 Å². The molecule has 2 heterocycles. The van der Waals surface area contributed by atoms with Gasteiger partial charge in [-0.1, -0.05) is 0 Å². The van der Waals surface area contributed by atoms with Crippen LogP contribution >= 0.6 is 0 Å². The van der Waals surface area contributed by atoms with E-state index in [1.54, 1.807) is 0 Å². The van der Waals surface area contributed by atoms with E-state index >= 15 is 0 Å². The van der Waals surface area contributed by atoms with E-state index in [9.17, 15) is 18.0 Å². The molecule has 2 aromatic rings. The average Bonchev–Trinajstić information content (AvgIpc) is 2.59. The second-order valence-corrected chi connectivity index (χ2v) is 7.10. The first-order valence-electron chi connectivity index (χ1n) is 7.37. The maximum atomic E-state index is 12.8. The van der Waals surface area contributed by atoms with Gasteiger partial charge in [-0.25, -0.2) is 18.5 Å². The zero-order valence-electron chi connectivity index (χ0n) is 13.4. The number of amides is 1. The number of rotatable bonds is 3. The van der Waals surface area contributed by atoms with Crippen molar-refractivity contribution in [2.75, 3.05) is 13.7 Å². The molecule has 9 nitrogen and oxygen atoms in total. The van der Waals surface area contributed by atoms with Gasteiger partial charge >= 0.3 is 0 Å². The third-order valence-corrected chi connectivity index (χ3v) is 4.94. The van der Waals surface area contributed by atoms with Crippen molar-refractivity contribution in [1.82, 2.24) is 14.9 Å². The highest BCUT2D eigenvalue weighted by molar-refractivity contribution is 7.89. The Morgan fingerprint density at radius 1 is 1.40 bits per heavy atom. The number of carbonyl (C=O) groups excluding carboxylic acids is 1. The minimum atomic E-state index is -3.95. The number of ether oxygens (including phenoxy) is 1. The van der Waals surface area contributed by atoms with Crippen LogP contribution in [0.1, 0.15) is 21.6 Å². The molecule has 0 aliphatic carbocycles. The van der Waals surface area contributed by atoms with Crippen LogP contribution in [0.5, 0.6) is 5.75 Å². The number of carbonyl (C=O) groups is 1. The van der Waals surface area contributed by atoms with Gasteiger partial charge in [0, 0.05) is 12.1 Å². The van der Waals surface area contributed by atoms with Gasteiger partial charge in [0.2, 0.25) is 10.0 Å². The summed E-state index contributed by atoms with van der Waals surface area (Å²) >= 11 is 0.